The molecule has 0 N–H and O–H groups in total. The summed E-state index contributed by atoms with van der Waals surface area (Å²) in [6.45, 7) is 6.15. The number of hydrogen-bond donors (Lipinski definition) is 0. The van der Waals surface area contributed by atoms with E-state index in [1.165, 1.54) is 19.1 Å². The molecule has 0 amide bonds. The molecule has 0 saturated carbocycles. The van der Waals surface area contributed by atoms with Gasteiger partial charge in [0.25, 0.3) is 0 Å². The van der Waals surface area contributed by atoms with Crippen LogP contribution < -0.4 is 4.90 Å². The quantitative estimate of drug-likeness (QED) is 0.597. The summed E-state index contributed by atoms with van der Waals surface area (Å²) in [5, 5.41) is 0. The van der Waals surface area contributed by atoms with E-state index in [0.29, 0.717) is 39.4 Å². The third-order valence-corrected chi connectivity index (χ3v) is 7.32. The molecular weight excluding hydrogens is 426 g/mol. The molecule has 2 aliphatic heterocycles. The van der Waals surface area contributed by atoms with Crippen LogP contribution in [0.2, 0.25) is 0 Å². The lowest BCUT2D eigenvalue weighted by molar-refractivity contribution is 0.0724. The van der Waals surface area contributed by atoms with Crippen LogP contribution >= 0.6 is 0 Å². The molecule has 1 aromatic heterocycles. The van der Waals surface area contributed by atoms with E-state index in [4.69, 9.17) is 9.72 Å². The SMILES string of the molecule is CS(=O)(=O)N1CCN(Cc2ccnc(N3CCCC3)n2)CC(COCc2ccccc2)C1. The zero-order valence-corrected chi connectivity index (χ0v) is 19.6. The summed E-state index contributed by atoms with van der Waals surface area (Å²) >= 11 is 0. The Morgan fingerprint density at radius 1 is 1.03 bits per heavy atom. The fourth-order valence-corrected chi connectivity index (χ4v) is 5.28. The van der Waals surface area contributed by atoms with Gasteiger partial charge in [-0.15, -0.1) is 0 Å². The molecule has 0 spiro atoms. The van der Waals surface area contributed by atoms with E-state index in [1.54, 1.807) is 4.31 Å². The fraction of sp³-hybridized carbons (Fsp3) is 0.565. The lowest BCUT2D eigenvalue weighted by Crippen LogP contribution is -2.36. The van der Waals surface area contributed by atoms with Crippen molar-refractivity contribution in [2.24, 2.45) is 5.92 Å². The van der Waals surface area contributed by atoms with Gasteiger partial charge in [0, 0.05) is 57.9 Å². The van der Waals surface area contributed by atoms with Gasteiger partial charge in [-0.2, -0.15) is 0 Å². The van der Waals surface area contributed by atoms with Gasteiger partial charge in [-0.1, -0.05) is 30.3 Å². The number of benzene rings is 1. The third kappa shape index (κ3) is 6.48. The standard InChI is InChI=1S/C23H33N5O3S/c1-32(29,30)28-14-13-26(15-21(16-28)19-31-18-20-7-3-2-4-8-20)17-22-9-10-24-23(25-22)27-11-5-6-12-27/h2-4,7-10,21H,5-6,11-19H2,1H3. The maximum Gasteiger partial charge on any atom is 0.225 e. The van der Waals surface area contributed by atoms with Crippen LogP contribution in [0.5, 0.6) is 0 Å². The first-order chi connectivity index (χ1) is 15.5. The minimum atomic E-state index is -3.25. The normalized spacial score (nSPS) is 21.0. The van der Waals surface area contributed by atoms with Crippen molar-refractivity contribution in [2.75, 3.05) is 57.0 Å². The van der Waals surface area contributed by atoms with Gasteiger partial charge in [0.2, 0.25) is 16.0 Å². The Labute approximate surface area is 191 Å². The van der Waals surface area contributed by atoms with Crippen molar-refractivity contribution in [3.8, 4) is 0 Å². The van der Waals surface area contributed by atoms with Gasteiger partial charge >= 0.3 is 0 Å². The number of hydrogen-bond acceptors (Lipinski definition) is 7. The van der Waals surface area contributed by atoms with Gasteiger partial charge in [-0.3, -0.25) is 4.90 Å². The first-order valence-corrected chi connectivity index (χ1v) is 13.2. The molecule has 2 aliphatic rings. The lowest BCUT2D eigenvalue weighted by Gasteiger charge is -2.24. The van der Waals surface area contributed by atoms with Gasteiger partial charge in [-0.25, -0.2) is 22.7 Å². The van der Waals surface area contributed by atoms with E-state index in [-0.39, 0.29) is 5.92 Å². The second-order valence-electron chi connectivity index (χ2n) is 8.77. The van der Waals surface area contributed by atoms with Crippen molar-refractivity contribution in [1.82, 2.24) is 19.2 Å². The van der Waals surface area contributed by atoms with Gasteiger partial charge in [0.05, 0.1) is 25.2 Å². The van der Waals surface area contributed by atoms with Crippen LogP contribution in [-0.2, 0) is 27.9 Å². The number of nitrogens with zero attached hydrogens (tertiary/aromatic N) is 5. The van der Waals surface area contributed by atoms with Crippen molar-refractivity contribution in [3.63, 3.8) is 0 Å². The molecule has 1 unspecified atom stereocenters. The average Bonchev–Trinajstić information content (AvgIpc) is 3.23. The molecule has 8 nitrogen and oxygen atoms in total. The van der Waals surface area contributed by atoms with E-state index < -0.39 is 10.0 Å². The smallest absolute Gasteiger partial charge is 0.225 e. The molecule has 4 rings (SSSR count). The van der Waals surface area contributed by atoms with E-state index in [1.807, 2.05) is 42.6 Å². The maximum atomic E-state index is 12.3. The summed E-state index contributed by atoms with van der Waals surface area (Å²) in [5.41, 5.74) is 2.09. The summed E-state index contributed by atoms with van der Waals surface area (Å²) in [6, 6.07) is 12.0. The van der Waals surface area contributed by atoms with Crippen LogP contribution in [0.15, 0.2) is 42.6 Å². The van der Waals surface area contributed by atoms with E-state index in [0.717, 1.165) is 36.8 Å². The minimum Gasteiger partial charge on any atom is -0.376 e. The van der Waals surface area contributed by atoms with Crippen molar-refractivity contribution < 1.29 is 13.2 Å². The highest BCUT2D eigenvalue weighted by molar-refractivity contribution is 7.88. The second-order valence-corrected chi connectivity index (χ2v) is 10.7. The Kier molecular flexibility index (Phi) is 7.72. The lowest BCUT2D eigenvalue weighted by atomic mass is 10.1. The molecule has 9 heteroatoms. The third-order valence-electron chi connectivity index (χ3n) is 6.05. The van der Waals surface area contributed by atoms with Crippen LogP contribution in [0.25, 0.3) is 0 Å². The van der Waals surface area contributed by atoms with Crippen LogP contribution in [-0.4, -0.2) is 79.7 Å². The predicted octanol–water partition coefficient (Wildman–Crippen LogP) is 1.99. The summed E-state index contributed by atoms with van der Waals surface area (Å²) < 4.78 is 32.1. The Bertz CT molecular complexity index is 967. The van der Waals surface area contributed by atoms with Gasteiger partial charge < -0.3 is 9.64 Å². The van der Waals surface area contributed by atoms with E-state index >= 15 is 0 Å². The Morgan fingerprint density at radius 3 is 2.56 bits per heavy atom. The molecule has 32 heavy (non-hydrogen) atoms. The van der Waals surface area contributed by atoms with Gasteiger partial charge in [0.15, 0.2) is 0 Å². The van der Waals surface area contributed by atoms with Crippen LogP contribution in [0.1, 0.15) is 24.1 Å². The Hall–Kier alpha value is -2.07. The zero-order valence-electron chi connectivity index (χ0n) is 18.8. The molecular formula is C23H33N5O3S. The summed E-state index contributed by atoms with van der Waals surface area (Å²) in [5.74, 6) is 0.895. The topological polar surface area (TPSA) is 78.9 Å². The monoisotopic (exact) mass is 459 g/mol. The Balaban J connectivity index is 1.40. The summed E-state index contributed by atoms with van der Waals surface area (Å²) in [4.78, 5) is 13.8. The Morgan fingerprint density at radius 2 is 1.81 bits per heavy atom. The predicted molar refractivity (Wildman–Crippen MR) is 125 cm³/mol. The summed E-state index contributed by atoms with van der Waals surface area (Å²) in [6.07, 6.45) is 5.49. The zero-order chi connectivity index (χ0) is 22.4. The highest BCUT2D eigenvalue weighted by Crippen LogP contribution is 2.18. The van der Waals surface area contributed by atoms with Gasteiger partial charge in [-0.05, 0) is 24.5 Å². The van der Waals surface area contributed by atoms with Crippen LogP contribution in [0.3, 0.4) is 0 Å². The average molecular weight is 460 g/mol. The molecule has 1 atom stereocenters. The minimum absolute atomic E-state index is 0.0934. The second kappa shape index (κ2) is 10.7. The molecule has 2 fully saturated rings. The van der Waals surface area contributed by atoms with Gasteiger partial charge in [0.1, 0.15) is 0 Å². The first-order valence-electron chi connectivity index (χ1n) is 11.3. The van der Waals surface area contributed by atoms with Crippen molar-refractivity contribution in [3.05, 3.63) is 53.9 Å². The van der Waals surface area contributed by atoms with Crippen molar-refractivity contribution in [1.29, 1.82) is 0 Å². The highest BCUT2D eigenvalue weighted by Gasteiger charge is 2.28. The largest absolute Gasteiger partial charge is 0.376 e. The van der Waals surface area contributed by atoms with E-state index in [9.17, 15) is 8.42 Å². The molecule has 2 aromatic rings. The highest BCUT2D eigenvalue weighted by atomic mass is 32.2. The summed E-state index contributed by atoms with van der Waals surface area (Å²) in [7, 11) is -3.25. The number of aromatic nitrogens is 2. The number of sulfonamides is 1. The number of anilines is 1. The van der Waals surface area contributed by atoms with Crippen molar-refractivity contribution >= 4 is 16.0 Å². The maximum absolute atomic E-state index is 12.3. The molecule has 174 valence electrons. The van der Waals surface area contributed by atoms with E-state index in [2.05, 4.69) is 14.8 Å². The number of ether oxygens (including phenoxy) is 1. The molecule has 0 radical (unpaired) electrons. The molecule has 0 bridgehead atoms. The molecule has 1 aromatic carbocycles. The fourth-order valence-electron chi connectivity index (χ4n) is 4.39. The van der Waals surface area contributed by atoms with Crippen LogP contribution in [0, 0.1) is 5.92 Å². The molecule has 3 heterocycles. The van der Waals surface area contributed by atoms with Crippen LogP contribution in [0.4, 0.5) is 5.95 Å². The van der Waals surface area contributed by atoms with Crippen molar-refractivity contribution in [2.45, 2.75) is 26.0 Å². The molecule has 0 aliphatic carbocycles. The molecule has 2 saturated heterocycles. The number of rotatable bonds is 8. The first kappa shape index (κ1) is 23.1.